The molecule has 0 atom stereocenters. The molecule has 0 bridgehead atoms. The van der Waals surface area contributed by atoms with Gasteiger partial charge in [0.1, 0.15) is 11.4 Å². The van der Waals surface area contributed by atoms with Crippen molar-refractivity contribution in [3.8, 4) is 16.3 Å². The molecule has 7 nitrogen and oxygen atoms in total. The van der Waals surface area contributed by atoms with E-state index in [1.54, 1.807) is 17.4 Å². The molecule has 29 heavy (non-hydrogen) atoms. The minimum Gasteiger partial charge on any atom is -0.484 e. The summed E-state index contributed by atoms with van der Waals surface area (Å²) in [5.41, 5.74) is 3.66. The summed E-state index contributed by atoms with van der Waals surface area (Å²) in [6.07, 6.45) is 0. The number of amides is 1. The van der Waals surface area contributed by atoms with Crippen LogP contribution in [0.4, 0.5) is 0 Å². The van der Waals surface area contributed by atoms with Gasteiger partial charge >= 0.3 is 0 Å². The summed E-state index contributed by atoms with van der Waals surface area (Å²) in [6, 6.07) is 8.89. The number of thiazole rings is 1. The van der Waals surface area contributed by atoms with Crippen molar-refractivity contribution in [1.82, 2.24) is 20.1 Å². The molecule has 0 unspecified atom stereocenters. The number of hydrogen-bond acceptors (Lipinski definition) is 6. The monoisotopic (exact) mass is 412 g/mol. The number of nitrogens with zero attached hydrogens (tertiary/aromatic N) is 3. The second-order valence-corrected chi connectivity index (χ2v) is 8.02. The molecule has 0 saturated heterocycles. The summed E-state index contributed by atoms with van der Waals surface area (Å²) < 4.78 is 6.88. The number of hydrogen-bond donors (Lipinski definition) is 1. The molecule has 0 spiro atoms. The molecule has 3 aromatic rings. The van der Waals surface area contributed by atoms with Crippen molar-refractivity contribution in [3.05, 3.63) is 62.5 Å². The lowest BCUT2D eigenvalue weighted by molar-refractivity contribution is -0.123. The lowest BCUT2D eigenvalue weighted by atomic mass is 10.1. The molecule has 2 heterocycles. The topological polar surface area (TPSA) is 86.1 Å². The Balaban J connectivity index is 1.55. The highest BCUT2D eigenvalue weighted by Gasteiger charge is 2.11. The van der Waals surface area contributed by atoms with Gasteiger partial charge in [-0.15, -0.1) is 11.3 Å². The van der Waals surface area contributed by atoms with E-state index in [1.165, 1.54) is 16.3 Å². The van der Waals surface area contributed by atoms with Gasteiger partial charge in [-0.1, -0.05) is 6.07 Å². The van der Waals surface area contributed by atoms with Gasteiger partial charge in [-0.05, 0) is 57.0 Å². The SMILES string of the molecule is Cc1nc(C)c(-c2ccc(=O)n(CCNC(=O)COc3ccc(C)c(C)c3)n2)s1. The maximum atomic E-state index is 12.1. The zero-order chi connectivity index (χ0) is 21.0. The highest BCUT2D eigenvalue weighted by Crippen LogP contribution is 2.27. The number of benzene rings is 1. The van der Waals surface area contributed by atoms with Gasteiger partial charge in [0.25, 0.3) is 11.5 Å². The van der Waals surface area contributed by atoms with E-state index >= 15 is 0 Å². The molecule has 8 heteroatoms. The first-order valence-electron chi connectivity index (χ1n) is 9.33. The fraction of sp³-hybridized carbons (Fsp3) is 0.333. The third-order valence-electron chi connectivity index (χ3n) is 4.50. The molecule has 0 fully saturated rings. The summed E-state index contributed by atoms with van der Waals surface area (Å²) in [6.45, 7) is 8.36. The second kappa shape index (κ2) is 9.00. The first-order chi connectivity index (χ1) is 13.8. The molecule has 0 aliphatic heterocycles. The van der Waals surface area contributed by atoms with Crippen LogP contribution >= 0.6 is 11.3 Å². The standard InChI is InChI=1S/C21H24N4O3S/c1-13-5-6-17(11-14(13)2)28-12-19(26)22-9-10-25-20(27)8-7-18(24-25)21-15(3)23-16(4)29-21/h5-8,11H,9-10,12H2,1-4H3,(H,22,26). The number of rotatable bonds is 7. The molecule has 0 radical (unpaired) electrons. The van der Waals surface area contributed by atoms with Crippen LogP contribution in [-0.4, -0.2) is 33.8 Å². The molecule has 3 rings (SSSR count). The van der Waals surface area contributed by atoms with Crippen LogP contribution in [0.3, 0.4) is 0 Å². The number of aromatic nitrogens is 3. The van der Waals surface area contributed by atoms with E-state index in [1.807, 2.05) is 45.9 Å². The number of aryl methyl sites for hydroxylation is 4. The van der Waals surface area contributed by atoms with Crippen LogP contribution in [0.2, 0.25) is 0 Å². The minimum absolute atomic E-state index is 0.0792. The molecule has 2 aromatic heterocycles. The van der Waals surface area contributed by atoms with Crippen molar-refractivity contribution < 1.29 is 9.53 Å². The van der Waals surface area contributed by atoms with Gasteiger partial charge in [-0.2, -0.15) is 5.10 Å². The third-order valence-corrected chi connectivity index (χ3v) is 5.59. The first-order valence-corrected chi connectivity index (χ1v) is 10.1. The van der Waals surface area contributed by atoms with Crippen molar-refractivity contribution in [1.29, 1.82) is 0 Å². The lowest BCUT2D eigenvalue weighted by Crippen LogP contribution is -2.34. The average Bonchev–Trinajstić information content (AvgIpc) is 3.02. The van der Waals surface area contributed by atoms with E-state index in [2.05, 4.69) is 15.4 Å². The highest BCUT2D eigenvalue weighted by molar-refractivity contribution is 7.15. The Hall–Kier alpha value is -3.00. The molecule has 0 aliphatic rings. The van der Waals surface area contributed by atoms with Gasteiger partial charge in [-0.25, -0.2) is 9.67 Å². The molecule has 1 aromatic carbocycles. The quantitative estimate of drug-likeness (QED) is 0.645. The summed E-state index contributed by atoms with van der Waals surface area (Å²) in [5.74, 6) is 0.408. The number of carbonyl (C=O) groups is 1. The highest BCUT2D eigenvalue weighted by atomic mass is 32.1. The second-order valence-electron chi connectivity index (χ2n) is 6.81. The van der Waals surface area contributed by atoms with Gasteiger partial charge in [0.2, 0.25) is 0 Å². The molecule has 1 N–H and O–H groups in total. The van der Waals surface area contributed by atoms with E-state index in [9.17, 15) is 9.59 Å². The Kier molecular flexibility index (Phi) is 6.43. The van der Waals surface area contributed by atoms with Crippen LogP contribution < -0.4 is 15.6 Å². The van der Waals surface area contributed by atoms with Crippen LogP contribution in [0.1, 0.15) is 21.8 Å². The van der Waals surface area contributed by atoms with Gasteiger partial charge in [0, 0.05) is 12.6 Å². The molecule has 0 saturated carbocycles. The number of ether oxygens (including phenoxy) is 1. The molecular weight excluding hydrogens is 388 g/mol. The maximum Gasteiger partial charge on any atom is 0.266 e. The predicted octanol–water partition coefficient (Wildman–Crippen LogP) is 2.80. The molecular formula is C21H24N4O3S. The van der Waals surface area contributed by atoms with Crippen molar-refractivity contribution in [2.75, 3.05) is 13.2 Å². The van der Waals surface area contributed by atoms with Crippen molar-refractivity contribution >= 4 is 17.2 Å². The fourth-order valence-electron chi connectivity index (χ4n) is 2.80. The molecule has 152 valence electrons. The van der Waals surface area contributed by atoms with Gasteiger partial charge < -0.3 is 10.1 Å². The maximum absolute atomic E-state index is 12.1. The summed E-state index contributed by atoms with van der Waals surface area (Å²) >= 11 is 1.54. The lowest BCUT2D eigenvalue weighted by Gasteiger charge is -2.10. The Morgan fingerprint density at radius 2 is 1.93 bits per heavy atom. The van der Waals surface area contributed by atoms with E-state index < -0.39 is 0 Å². The number of nitrogens with one attached hydrogen (secondary N) is 1. The van der Waals surface area contributed by atoms with Crippen molar-refractivity contribution in [2.24, 2.45) is 0 Å². The summed E-state index contributed by atoms with van der Waals surface area (Å²) in [5, 5.41) is 8.12. The van der Waals surface area contributed by atoms with Gasteiger partial charge in [-0.3, -0.25) is 9.59 Å². The van der Waals surface area contributed by atoms with Crippen molar-refractivity contribution in [3.63, 3.8) is 0 Å². The normalized spacial score (nSPS) is 10.8. The van der Waals surface area contributed by atoms with E-state index in [0.717, 1.165) is 21.1 Å². The fourth-order valence-corrected chi connectivity index (χ4v) is 3.69. The Morgan fingerprint density at radius 3 is 2.62 bits per heavy atom. The van der Waals surface area contributed by atoms with E-state index in [-0.39, 0.29) is 31.2 Å². The van der Waals surface area contributed by atoms with E-state index in [4.69, 9.17) is 4.74 Å². The number of carbonyl (C=O) groups excluding carboxylic acids is 1. The Labute approximate surface area is 173 Å². The van der Waals surface area contributed by atoms with Crippen molar-refractivity contribution in [2.45, 2.75) is 34.2 Å². The predicted molar refractivity (Wildman–Crippen MR) is 113 cm³/mol. The van der Waals surface area contributed by atoms with Crippen LogP contribution in [0.15, 0.2) is 35.1 Å². The summed E-state index contributed by atoms with van der Waals surface area (Å²) in [4.78, 5) is 29.5. The van der Waals surface area contributed by atoms with Crippen LogP contribution in [0, 0.1) is 27.7 Å². The molecule has 1 amide bonds. The summed E-state index contributed by atoms with van der Waals surface area (Å²) in [7, 11) is 0. The zero-order valence-corrected chi connectivity index (χ0v) is 17.8. The smallest absolute Gasteiger partial charge is 0.266 e. The van der Waals surface area contributed by atoms with E-state index in [0.29, 0.717) is 11.4 Å². The average molecular weight is 413 g/mol. The van der Waals surface area contributed by atoms with Crippen LogP contribution in [0.25, 0.3) is 10.6 Å². The Bertz CT molecular complexity index is 1090. The van der Waals surface area contributed by atoms with Gasteiger partial charge in [0.05, 0.1) is 22.1 Å². The minimum atomic E-state index is -0.249. The first kappa shape index (κ1) is 20.7. The zero-order valence-electron chi connectivity index (χ0n) is 17.0. The Morgan fingerprint density at radius 1 is 1.14 bits per heavy atom. The third kappa shape index (κ3) is 5.29. The van der Waals surface area contributed by atoms with Crippen LogP contribution in [0.5, 0.6) is 5.75 Å². The van der Waals surface area contributed by atoms with Crippen LogP contribution in [-0.2, 0) is 11.3 Å². The largest absolute Gasteiger partial charge is 0.484 e. The van der Waals surface area contributed by atoms with Gasteiger partial charge in [0.15, 0.2) is 6.61 Å². The molecule has 0 aliphatic carbocycles.